The molecule has 1 heterocycles. The Labute approximate surface area is 108 Å². The lowest BCUT2D eigenvalue weighted by Crippen LogP contribution is -2.02. The van der Waals surface area contributed by atoms with Gasteiger partial charge in [-0.05, 0) is 19.1 Å². The fourth-order valence-corrected chi connectivity index (χ4v) is 1.79. The quantitative estimate of drug-likeness (QED) is 0.931. The predicted octanol–water partition coefficient (Wildman–Crippen LogP) is 2.73. The summed E-state index contributed by atoms with van der Waals surface area (Å²) in [6, 6.07) is 4.34. The number of carboxylic acid groups (broad SMARTS) is 1. The summed E-state index contributed by atoms with van der Waals surface area (Å²) in [5, 5.41) is 13.2. The number of benzene rings is 1. The van der Waals surface area contributed by atoms with Gasteiger partial charge in [0.15, 0.2) is 0 Å². The Kier molecular flexibility index (Phi) is 3.34. The summed E-state index contributed by atoms with van der Waals surface area (Å²) < 4.78 is 15.0. The lowest BCUT2D eigenvalue weighted by Gasteiger charge is -2.03. The molecule has 2 aromatic rings. The summed E-state index contributed by atoms with van der Waals surface area (Å²) in [6.07, 6.45) is 1.38. The van der Waals surface area contributed by atoms with Gasteiger partial charge in [-0.2, -0.15) is 5.10 Å². The van der Waals surface area contributed by atoms with Crippen molar-refractivity contribution in [3.63, 3.8) is 0 Å². The molecule has 1 N–H and O–H groups in total. The van der Waals surface area contributed by atoms with E-state index in [1.165, 1.54) is 16.9 Å². The van der Waals surface area contributed by atoms with E-state index in [1.54, 1.807) is 19.1 Å². The van der Waals surface area contributed by atoms with Crippen molar-refractivity contribution in [1.82, 2.24) is 9.78 Å². The summed E-state index contributed by atoms with van der Waals surface area (Å²) in [5.41, 5.74) is 0.917. The molecule has 18 heavy (non-hydrogen) atoms. The van der Waals surface area contributed by atoms with Crippen LogP contribution in [0.3, 0.4) is 0 Å². The molecule has 6 heteroatoms. The van der Waals surface area contributed by atoms with Crippen molar-refractivity contribution in [2.24, 2.45) is 0 Å². The van der Waals surface area contributed by atoms with Gasteiger partial charge in [-0.1, -0.05) is 17.7 Å². The second-order valence-corrected chi connectivity index (χ2v) is 4.30. The Hall–Kier alpha value is -1.88. The number of aryl methyl sites for hydroxylation is 1. The Morgan fingerprint density at radius 1 is 1.56 bits per heavy atom. The number of halogens is 2. The van der Waals surface area contributed by atoms with Crippen LogP contribution in [0.1, 0.15) is 21.6 Å². The van der Waals surface area contributed by atoms with Crippen LogP contribution in [0.25, 0.3) is 0 Å². The molecule has 0 saturated heterocycles. The highest BCUT2D eigenvalue weighted by Crippen LogP contribution is 2.16. The molecule has 1 aromatic heterocycles. The molecule has 0 fully saturated rings. The first-order valence-electron chi connectivity index (χ1n) is 5.18. The van der Waals surface area contributed by atoms with Crippen molar-refractivity contribution in [1.29, 1.82) is 0 Å². The average molecular weight is 269 g/mol. The molecular weight excluding hydrogens is 259 g/mol. The number of carboxylic acids is 1. The van der Waals surface area contributed by atoms with Gasteiger partial charge in [0.1, 0.15) is 11.4 Å². The molecule has 0 saturated carbocycles. The van der Waals surface area contributed by atoms with Crippen LogP contribution in [-0.4, -0.2) is 20.9 Å². The maximum atomic E-state index is 13.6. The van der Waals surface area contributed by atoms with Crippen LogP contribution in [0.2, 0.25) is 5.02 Å². The molecule has 4 nitrogen and oxygen atoms in total. The van der Waals surface area contributed by atoms with E-state index in [0.717, 1.165) is 0 Å². The van der Waals surface area contributed by atoms with Crippen molar-refractivity contribution in [3.8, 4) is 0 Å². The largest absolute Gasteiger partial charge is 0.478 e. The number of aromatic carboxylic acids is 1. The minimum Gasteiger partial charge on any atom is -0.478 e. The minimum atomic E-state index is -1.05. The van der Waals surface area contributed by atoms with Crippen molar-refractivity contribution in [2.75, 3.05) is 0 Å². The molecule has 0 unspecified atom stereocenters. The number of rotatable bonds is 3. The van der Waals surface area contributed by atoms with Crippen LogP contribution in [0.4, 0.5) is 4.39 Å². The fourth-order valence-electron chi connectivity index (χ4n) is 1.63. The standard InChI is InChI=1S/C12H10ClFN2O2/c1-7-10(12(17)18)6-16(15-7)5-8-2-3-9(13)4-11(8)14/h2-4,6H,5H2,1H3,(H,17,18). The number of aromatic nitrogens is 2. The van der Waals surface area contributed by atoms with Crippen molar-refractivity contribution >= 4 is 17.6 Å². The Morgan fingerprint density at radius 3 is 2.83 bits per heavy atom. The van der Waals surface area contributed by atoms with Gasteiger partial charge in [0.05, 0.1) is 12.2 Å². The molecule has 2 rings (SSSR count). The number of hydrogen-bond donors (Lipinski definition) is 1. The highest BCUT2D eigenvalue weighted by Gasteiger charge is 2.12. The van der Waals surface area contributed by atoms with Crippen LogP contribution < -0.4 is 0 Å². The molecule has 0 amide bonds. The van der Waals surface area contributed by atoms with Crippen molar-refractivity contribution in [3.05, 3.63) is 52.1 Å². The van der Waals surface area contributed by atoms with E-state index in [4.69, 9.17) is 16.7 Å². The zero-order valence-electron chi connectivity index (χ0n) is 9.52. The lowest BCUT2D eigenvalue weighted by atomic mass is 10.2. The average Bonchev–Trinajstić information content (AvgIpc) is 2.64. The molecule has 0 aliphatic heterocycles. The molecule has 1 aromatic carbocycles. The number of nitrogens with zero attached hydrogens (tertiary/aromatic N) is 2. The Bertz CT molecular complexity index is 610. The zero-order valence-corrected chi connectivity index (χ0v) is 10.3. The first kappa shape index (κ1) is 12.6. The van der Waals surface area contributed by atoms with E-state index < -0.39 is 11.8 Å². The van der Waals surface area contributed by atoms with E-state index in [0.29, 0.717) is 16.3 Å². The summed E-state index contributed by atoms with van der Waals surface area (Å²) in [6.45, 7) is 1.76. The fraction of sp³-hybridized carbons (Fsp3) is 0.167. The van der Waals surface area contributed by atoms with E-state index in [2.05, 4.69) is 5.10 Å². The highest BCUT2D eigenvalue weighted by molar-refractivity contribution is 6.30. The molecule has 94 valence electrons. The van der Waals surface area contributed by atoms with Crippen LogP contribution in [0.5, 0.6) is 0 Å². The van der Waals surface area contributed by atoms with Gasteiger partial charge in [-0.25, -0.2) is 9.18 Å². The van der Waals surface area contributed by atoms with Gasteiger partial charge in [-0.3, -0.25) is 4.68 Å². The monoisotopic (exact) mass is 268 g/mol. The van der Waals surface area contributed by atoms with E-state index >= 15 is 0 Å². The normalized spacial score (nSPS) is 10.6. The molecular formula is C12H10ClFN2O2. The smallest absolute Gasteiger partial charge is 0.339 e. The SMILES string of the molecule is Cc1nn(Cc2ccc(Cl)cc2F)cc1C(=O)O. The maximum absolute atomic E-state index is 13.6. The molecule has 0 atom stereocenters. The van der Waals surface area contributed by atoms with E-state index in [-0.39, 0.29) is 12.1 Å². The summed E-state index contributed by atoms with van der Waals surface area (Å²) in [4.78, 5) is 10.9. The van der Waals surface area contributed by atoms with E-state index in [9.17, 15) is 9.18 Å². The molecule has 0 bridgehead atoms. The Balaban J connectivity index is 2.29. The van der Waals surface area contributed by atoms with Crippen LogP contribution in [0.15, 0.2) is 24.4 Å². The Morgan fingerprint density at radius 2 is 2.28 bits per heavy atom. The highest BCUT2D eigenvalue weighted by atomic mass is 35.5. The van der Waals surface area contributed by atoms with Gasteiger partial charge in [0.25, 0.3) is 0 Å². The number of hydrogen-bond acceptors (Lipinski definition) is 2. The molecule has 0 radical (unpaired) electrons. The van der Waals surface area contributed by atoms with Crippen LogP contribution in [-0.2, 0) is 6.54 Å². The summed E-state index contributed by atoms with van der Waals surface area (Å²) in [7, 11) is 0. The van der Waals surface area contributed by atoms with Gasteiger partial charge >= 0.3 is 5.97 Å². The van der Waals surface area contributed by atoms with Crippen LogP contribution in [0, 0.1) is 12.7 Å². The van der Waals surface area contributed by atoms with Crippen molar-refractivity contribution in [2.45, 2.75) is 13.5 Å². The second kappa shape index (κ2) is 4.78. The molecule has 0 aliphatic carbocycles. The summed E-state index contributed by atoms with van der Waals surface area (Å²) in [5.74, 6) is -1.48. The topological polar surface area (TPSA) is 55.1 Å². The minimum absolute atomic E-state index is 0.115. The van der Waals surface area contributed by atoms with E-state index in [1.807, 2.05) is 0 Å². The third-order valence-corrected chi connectivity index (χ3v) is 2.76. The summed E-state index contributed by atoms with van der Waals surface area (Å²) >= 11 is 5.65. The van der Waals surface area contributed by atoms with Crippen molar-refractivity contribution < 1.29 is 14.3 Å². The van der Waals surface area contributed by atoms with Gasteiger partial charge < -0.3 is 5.11 Å². The van der Waals surface area contributed by atoms with Gasteiger partial charge in [0.2, 0.25) is 0 Å². The first-order chi connectivity index (χ1) is 8.47. The number of carbonyl (C=O) groups is 1. The lowest BCUT2D eigenvalue weighted by molar-refractivity contribution is 0.0696. The van der Waals surface area contributed by atoms with Gasteiger partial charge in [0, 0.05) is 16.8 Å². The third-order valence-electron chi connectivity index (χ3n) is 2.52. The molecule has 0 spiro atoms. The maximum Gasteiger partial charge on any atom is 0.339 e. The predicted molar refractivity (Wildman–Crippen MR) is 64.4 cm³/mol. The third kappa shape index (κ3) is 2.51. The molecule has 0 aliphatic rings. The first-order valence-corrected chi connectivity index (χ1v) is 5.56. The van der Waals surface area contributed by atoms with Crippen LogP contribution >= 0.6 is 11.6 Å². The second-order valence-electron chi connectivity index (χ2n) is 3.87. The van der Waals surface area contributed by atoms with Gasteiger partial charge in [-0.15, -0.1) is 0 Å². The zero-order chi connectivity index (χ0) is 13.3.